The predicted molar refractivity (Wildman–Crippen MR) is 89.6 cm³/mol. The molecule has 5 heteroatoms. The molecule has 0 aliphatic rings. The second-order valence-corrected chi connectivity index (χ2v) is 5.46. The van der Waals surface area contributed by atoms with Gasteiger partial charge in [-0.1, -0.05) is 36.7 Å². The lowest BCUT2D eigenvalue weighted by Crippen LogP contribution is -2.16. The van der Waals surface area contributed by atoms with E-state index in [2.05, 4.69) is 23.3 Å². The number of para-hydroxylation sites is 1. The molecule has 2 heterocycles. The third-order valence-corrected chi connectivity index (χ3v) is 3.76. The van der Waals surface area contributed by atoms with E-state index in [9.17, 15) is 4.79 Å². The van der Waals surface area contributed by atoms with E-state index in [1.54, 1.807) is 18.3 Å². The molecular formula is C17H16ClN3O. The number of halogens is 1. The van der Waals surface area contributed by atoms with Crippen molar-refractivity contribution in [2.45, 2.75) is 19.9 Å². The summed E-state index contributed by atoms with van der Waals surface area (Å²) in [4.78, 5) is 16.6. The smallest absolute Gasteiger partial charge is 0.258 e. The van der Waals surface area contributed by atoms with Crippen molar-refractivity contribution in [3.05, 3.63) is 75.3 Å². The average molecular weight is 314 g/mol. The predicted octanol–water partition coefficient (Wildman–Crippen LogP) is 3.52. The van der Waals surface area contributed by atoms with Crippen molar-refractivity contribution in [3.63, 3.8) is 0 Å². The van der Waals surface area contributed by atoms with Crippen LogP contribution in [0.25, 0.3) is 5.65 Å². The Morgan fingerprint density at radius 3 is 2.86 bits per heavy atom. The van der Waals surface area contributed by atoms with Gasteiger partial charge in [0.15, 0.2) is 0 Å². The molecule has 0 aliphatic carbocycles. The summed E-state index contributed by atoms with van der Waals surface area (Å²) in [6.07, 6.45) is 2.53. The van der Waals surface area contributed by atoms with Gasteiger partial charge in [-0.3, -0.25) is 9.20 Å². The molecule has 0 bridgehead atoms. The second kappa shape index (κ2) is 6.20. The van der Waals surface area contributed by atoms with Crippen molar-refractivity contribution in [2.75, 3.05) is 5.32 Å². The SMILES string of the molecule is CCc1ccccc1NCc1cc(=O)n2cc(Cl)ccc2n1. The normalized spacial score (nSPS) is 10.8. The Balaban J connectivity index is 1.88. The van der Waals surface area contributed by atoms with Crippen LogP contribution in [0.1, 0.15) is 18.2 Å². The van der Waals surface area contributed by atoms with Crippen LogP contribution in [0.2, 0.25) is 5.02 Å². The first-order valence-electron chi connectivity index (χ1n) is 7.17. The minimum atomic E-state index is -0.131. The van der Waals surface area contributed by atoms with Crippen LogP contribution in [0.15, 0.2) is 53.5 Å². The number of hydrogen-bond donors (Lipinski definition) is 1. The Morgan fingerprint density at radius 2 is 2.05 bits per heavy atom. The fraction of sp³-hybridized carbons (Fsp3) is 0.176. The van der Waals surface area contributed by atoms with E-state index in [-0.39, 0.29) is 5.56 Å². The first kappa shape index (κ1) is 14.6. The number of nitrogens with one attached hydrogen (secondary N) is 1. The summed E-state index contributed by atoms with van der Waals surface area (Å²) < 4.78 is 1.45. The lowest BCUT2D eigenvalue weighted by Gasteiger charge is -2.11. The topological polar surface area (TPSA) is 46.4 Å². The van der Waals surface area contributed by atoms with Gasteiger partial charge in [0.2, 0.25) is 0 Å². The molecule has 0 unspecified atom stereocenters. The second-order valence-electron chi connectivity index (χ2n) is 5.03. The molecule has 1 N–H and O–H groups in total. The Kier molecular flexibility index (Phi) is 4.11. The first-order valence-corrected chi connectivity index (χ1v) is 7.55. The van der Waals surface area contributed by atoms with Gasteiger partial charge in [-0.15, -0.1) is 0 Å². The molecule has 112 valence electrons. The van der Waals surface area contributed by atoms with E-state index in [1.165, 1.54) is 16.0 Å². The third kappa shape index (κ3) is 2.97. The molecule has 0 saturated heterocycles. The zero-order valence-corrected chi connectivity index (χ0v) is 13.0. The van der Waals surface area contributed by atoms with Crippen LogP contribution in [0.3, 0.4) is 0 Å². The van der Waals surface area contributed by atoms with Crippen molar-refractivity contribution in [3.8, 4) is 0 Å². The molecule has 0 radical (unpaired) electrons. The van der Waals surface area contributed by atoms with Crippen LogP contribution >= 0.6 is 11.6 Å². The summed E-state index contributed by atoms with van der Waals surface area (Å²) in [7, 11) is 0. The van der Waals surface area contributed by atoms with Crippen molar-refractivity contribution >= 4 is 22.9 Å². The molecule has 0 saturated carbocycles. The molecular weight excluding hydrogens is 298 g/mol. The van der Waals surface area contributed by atoms with E-state index < -0.39 is 0 Å². The molecule has 1 aromatic carbocycles. The maximum absolute atomic E-state index is 12.1. The zero-order chi connectivity index (χ0) is 15.5. The van der Waals surface area contributed by atoms with Gasteiger partial charge in [0, 0.05) is 18.0 Å². The highest BCUT2D eigenvalue weighted by molar-refractivity contribution is 6.30. The lowest BCUT2D eigenvalue weighted by atomic mass is 10.1. The summed E-state index contributed by atoms with van der Waals surface area (Å²) in [6.45, 7) is 2.62. The monoisotopic (exact) mass is 313 g/mol. The van der Waals surface area contributed by atoms with Crippen LogP contribution in [-0.2, 0) is 13.0 Å². The van der Waals surface area contributed by atoms with Crippen LogP contribution in [0.5, 0.6) is 0 Å². The number of hydrogen-bond acceptors (Lipinski definition) is 3. The van der Waals surface area contributed by atoms with Crippen molar-refractivity contribution in [2.24, 2.45) is 0 Å². The van der Waals surface area contributed by atoms with Gasteiger partial charge >= 0.3 is 0 Å². The fourth-order valence-corrected chi connectivity index (χ4v) is 2.56. The molecule has 0 amide bonds. The number of rotatable bonds is 4. The lowest BCUT2D eigenvalue weighted by molar-refractivity contribution is 0.968. The highest BCUT2D eigenvalue weighted by atomic mass is 35.5. The van der Waals surface area contributed by atoms with E-state index in [1.807, 2.05) is 18.2 Å². The summed E-state index contributed by atoms with van der Waals surface area (Å²) in [5.41, 5.74) is 3.48. The van der Waals surface area contributed by atoms with Gasteiger partial charge in [0.25, 0.3) is 5.56 Å². The van der Waals surface area contributed by atoms with Crippen LogP contribution < -0.4 is 10.9 Å². The molecule has 22 heavy (non-hydrogen) atoms. The molecule has 0 spiro atoms. The minimum Gasteiger partial charge on any atom is -0.379 e. The number of aromatic nitrogens is 2. The maximum Gasteiger partial charge on any atom is 0.258 e. The Labute approximate surface area is 133 Å². The van der Waals surface area contributed by atoms with Gasteiger partial charge in [-0.2, -0.15) is 0 Å². The zero-order valence-electron chi connectivity index (χ0n) is 12.2. The molecule has 3 rings (SSSR count). The number of anilines is 1. The standard InChI is InChI=1S/C17H16ClN3O/c1-2-12-5-3-4-6-15(12)19-10-14-9-17(22)21-11-13(18)7-8-16(21)20-14/h3-9,11,19H,2,10H2,1H3. The molecule has 0 aliphatic heterocycles. The maximum atomic E-state index is 12.1. The van der Waals surface area contributed by atoms with E-state index >= 15 is 0 Å². The van der Waals surface area contributed by atoms with Gasteiger partial charge in [-0.25, -0.2) is 4.98 Å². The summed E-state index contributed by atoms with van der Waals surface area (Å²) in [5, 5.41) is 3.86. The minimum absolute atomic E-state index is 0.131. The Bertz CT molecular complexity index is 873. The van der Waals surface area contributed by atoms with Crippen molar-refractivity contribution in [1.29, 1.82) is 0 Å². The number of aryl methyl sites for hydroxylation is 1. The van der Waals surface area contributed by atoms with Gasteiger partial charge in [0.1, 0.15) is 5.65 Å². The molecule has 0 fully saturated rings. The number of benzene rings is 1. The number of nitrogens with zero attached hydrogens (tertiary/aromatic N) is 2. The van der Waals surface area contributed by atoms with Crippen molar-refractivity contribution < 1.29 is 0 Å². The van der Waals surface area contributed by atoms with Crippen LogP contribution in [0.4, 0.5) is 5.69 Å². The fourth-order valence-electron chi connectivity index (χ4n) is 2.40. The third-order valence-electron chi connectivity index (χ3n) is 3.53. The van der Waals surface area contributed by atoms with Gasteiger partial charge in [0.05, 0.1) is 17.3 Å². The number of fused-ring (bicyclic) bond motifs is 1. The largest absolute Gasteiger partial charge is 0.379 e. The number of pyridine rings is 1. The molecule has 4 nitrogen and oxygen atoms in total. The molecule has 2 aromatic heterocycles. The van der Waals surface area contributed by atoms with Crippen LogP contribution in [0, 0.1) is 0 Å². The molecule has 0 atom stereocenters. The summed E-state index contributed by atoms with van der Waals surface area (Å²) >= 11 is 5.91. The Hall–Kier alpha value is -2.33. The summed E-state index contributed by atoms with van der Waals surface area (Å²) in [6, 6.07) is 13.1. The average Bonchev–Trinajstić information content (AvgIpc) is 2.54. The quantitative estimate of drug-likeness (QED) is 0.801. The first-order chi connectivity index (χ1) is 10.7. The highest BCUT2D eigenvalue weighted by Crippen LogP contribution is 2.16. The summed E-state index contributed by atoms with van der Waals surface area (Å²) in [5.74, 6) is 0. The molecule has 3 aromatic rings. The van der Waals surface area contributed by atoms with E-state index in [4.69, 9.17) is 11.6 Å². The van der Waals surface area contributed by atoms with Gasteiger partial charge in [-0.05, 0) is 30.2 Å². The van der Waals surface area contributed by atoms with Crippen molar-refractivity contribution in [1.82, 2.24) is 9.38 Å². The van der Waals surface area contributed by atoms with Gasteiger partial charge < -0.3 is 5.32 Å². The van der Waals surface area contributed by atoms with E-state index in [0.29, 0.717) is 22.9 Å². The highest BCUT2D eigenvalue weighted by Gasteiger charge is 2.04. The Morgan fingerprint density at radius 1 is 1.23 bits per heavy atom. The van der Waals surface area contributed by atoms with Crippen LogP contribution in [-0.4, -0.2) is 9.38 Å². The van der Waals surface area contributed by atoms with E-state index in [0.717, 1.165) is 12.1 Å².